The van der Waals surface area contributed by atoms with Crippen LogP contribution < -0.4 is 15.5 Å². The molecule has 0 amide bonds. The summed E-state index contributed by atoms with van der Waals surface area (Å²) in [6, 6.07) is 8.35. The molecule has 2 heterocycles. The average Bonchev–Trinajstić information content (AvgIpc) is 3.36. The number of aliphatic imine (C=N–C) groups is 1. The van der Waals surface area contributed by atoms with Crippen molar-refractivity contribution in [2.75, 3.05) is 38.1 Å². The van der Waals surface area contributed by atoms with E-state index in [4.69, 9.17) is 0 Å². The molecule has 29 heavy (non-hydrogen) atoms. The van der Waals surface area contributed by atoms with Crippen molar-refractivity contribution < 1.29 is 8.78 Å². The van der Waals surface area contributed by atoms with Crippen LogP contribution in [0, 0.1) is 17.6 Å². The quantitative estimate of drug-likeness (QED) is 0.323. The molecule has 2 N–H and O–H groups in total. The number of guanidine groups is 1. The van der Waals surface area contributed by atoms with E-state index >= 15 is 0 Å². The largest absolute Gasteiger partial charge is 0.371 e. The maximum absolute atomic E-state index is 13.5. The van der Waals surface area contributed by atoms with Crippen LogP contribution in [0.5, 0.6) is 0 Å². The van der Waals surface area contributed by atoms with Crippen LogP contribution in [-0.2, 0) is 5.41 Å². The number of anilines is 1. The second-order valence-corrected chi connectivity index (χ2v) is 8.81. The van der Waals surface area contributed by atoms with Crippen molar-refractivity contribution in [1.82, 2.24) is 10.6 Å². The summed E-state index contributed by atoms with van der Waals surface area (Å²) in [5, 5.41) is 8.92. The molecule has 1 aliphatic rings. The molecular formula is C21H29F2IN4S. The number of nitrogens with one attached hydrogen (secondary N) is 2. The summed E-state index contributed by atoms with van der Waals surface area (Å²) in [6.07, 6.45) is 1.00. The summed E-state index contributed by atoms with van der Waals surface area (Å²) in [6.45, 7) is 7.67. The van der Waals surface area contributed by atoms with E-state index in [-0.39, 0.29) is 29.4 Å². The molecule has 0 bridgehead atoms. The first-order valence-corrected chi connectivity index (χ1v) is 10.5. The molecule has 0 radical (unpaired) electrons. The molecule has 1 saturated heterocycles. The number of benzene rings is 1. The molecule has 0 spiro atoms. The Bertz CT molecular complexity index is 811. The lowest BCUT2D eigenvalue weighted by molar-refractivity contribution is 0.508. The van der Waals surface area contributed by atoms with Crippen LogP contribution in [-0.4, -0.2) is 39.2 Å². The van der Waals surface area contributed by atoms with Gasteiger partial charge in [0, 0.05) is 55.3 Å². The Morgan fingerprint density at radius 2 is 2.03 bits per heavy atom. The third-order valence-corrected chi connectivity index (χ3v) is 6.46. The Morgan fingerprint density at radius 3 is 2.69 bits per heavy atom. The van der Waals surface area contributed by atoms with Crippen LogP contribution in [0.15, 0.2) is 40.7 Å². The third kappa shape index (κ3) is 6.28. The molecule has 2 aromatic rings. The van der Waals surface area contributed by atoms with Gasteiger partial charge in [0.05, 0.1) is 0 Å². The number of thiophene rings is 1. The highest BCUT2D eigenvalue weighted by atomic mass is 127. The SMILES string of the molecule is CN=C(NCC1CCN(c2ccc(F)c(F)c2)C1)NCC(C)(C)c1cccs1.I. The van der Waals surface area contributed by atoms with E-state index in [1.54, 1.807) is 24.5 Å². The van der Waals surface area contributed by atoms with Gasteiger partial charge >= 0.3 is 0 Å². The maximum atomic E-state index is 13.5. The second kappa shape index (κ2) is 10.6. The first-order valence-electron chi connectivity index (χ1n) is 9.57. The van der Waals surface area contributed by atoms with E-state index in [1.807, 2.05) is 0 Å². The molecule has 1 aromatic carbocycles. The molecule has 8 heteroatoms. The summed E-state index contributed by atoms with van der Waals surface area (Å²) in [4.78, 5) is 7.77. The highest BCUT2D eigenvalue weighted by Crippen LogP contribution is 2.27. The molecule has 1 atom stereocenters. The zero-order chi connectivity index (χ0) is 20.1. The molecule has 1 fully saturated rings. The van der Waals surface area contributed by atoms with Gasteiger partial charge in [-0.15, -0.1) is 35.3 Å². The lowest BCUT2D eigenvalue weighted by Crippen LogP contribution is -2.44. The van der Waals surface area contributed by atoms with E-state index in [1.165, 1.54) is 17.0 Å². The van der Waals surface area contributed by atoms with Crippen molar-refractivity contribution >= 4 is 47.0 Å². The number of hydrogen-bond donors (Lipinski definition) is 2. The third-order valence-electron chi connectivity index (χ3n) is 5.22. The fraction of sp³-hybridized carbons (Fsp3) is 0.476. The Morgan fingerprint density at radius 1 is 1.24 bits per heavy atom. The minimum Gasteiger partial charge on any atom is -0.371 e. The summed E-state index contributed by atoms with van der Waals surface area (Å²) in [5.41, 5.74) is 0.768. The Labute approximate surface area is 192 Å². The topological polar surface area (TPSA) is 39.7 Å². The predicted octanol–water partition coefficient (Wildman–Crippen LogP) is 4.61. The minimum atomic E-state index is -0.804. The highest BCUT2D eigenvalue weighted by molar-refractivity contribution is 14.0. The first kappa shape index (κ1) is 23.9. The van der Waals surface area contributed by atoms with E-state index in [9.17, 15) is 8.78 Å². The van der Waals surface area contributed by atoms with Crippen molar-refractivity contribution in [3.05, 3.63) is 52.2 Å². The van der Waals surface area contributed by atoms with Crippen molar-refractivity contribution in [2.45, 2.75) is 25.7 Å². The Hall–Kier alpha value is -1.42. The molecule has 1 unspecified atom stereocenters. The fourth-order valence-electron chi connectivity index (χ4n) is 3.43. The molecule has 1 aromatic heterocycles. The average molecular weight is 534 g/mol. The van der Waals surface area contributed by atoms with Gasteiger partial charge in [0.1, 0.15) is 0 Å². The molecule has 3 rings (SSSR count). The smallest absolute Gasteiger partial charge is 0.191 e. The fourth-order valence-corrected chi connectivity index (χ4v) is 4.28. The van der Waals surface area contributed by atoms with Crippen LogP contribution >= 0.6 is 35.3 Å². The van der Waals surface area contributed by atoms with Gasteiger partial charge in [0.25, 0.3) is 0 Å². The maximum Gasteiger partial charge on any atom is 0.191 e. The van der Waals surface area contributed by atoms with Gasteiger partial charge in [0.15, 0.2) is 17.6 Å². The van der Waals surface area contributed by atoms with Crippen molar-refractivity contribution in [3.63, 3.8) is 0 Å². The van der Waals surface area contributed by atoms with Crippen molar-refractivity contribution in [3.8, 4) is 0 Å². The van der Waals surface area contributed by atoms with Crippen LogP contribution in [0.2, 0.25) is 0 Å². The zero-order valence-corrected chi connectivity index (χ0v) is 20.2. The van der Waals surface area contributed by atoms with Crippen LogP contribution in [0.3, 0.4) is 0 Å². The lowest BCUT2D eigenvalue weighted by Gasteiger charge is -2.25. The van der Waals surface area contributed by atoms with E-state index < -0.39 is 11.6 Å². The summed E-state index contributed by atoms with van der Waals surface area (Å²) in [7, 11) is 1.77. The Kier molecular flexibility index (Phi) is 8.69. The number of hydrogen-bond acceptors (Lipinski definition) is 3. The number of rotatable bonds is 6. The predicted molar refractivity (Wildman–Crippen MR) is 129 cm³/mol. The normalized spacial score (nSPS) is 17.2. The van der Waals surface area contributed by atoms with Gasteiger partial charge in [-0.05, 0) is 35.9 Å². The van der Waals surface area contributed by atoms with Gasteiger partial charge in [-0.3, -0.25) is 4.99 Å². The van der Waals surface area contributed by atoms with Gasteiger partial charge in [-0.25, -0.2) is 8.78 Å². The molecule has 0 saturated carbocycles. The molecule has 160 valence electrons. The van der Waals surface area contributed by atoms with Gasteiger partial charge in [-0.2, -0.15) is 0 Å². The first-order chi connectivity index (χ1) is 13.4. The standard InChI is InChI=1S/C21H28F2N4S.HI/c1-21(2,19-5-4-10-28-19)14-26-20(24-3)25-12-15-8-9-27(13-15)16-6-7-17(22)18(23)11-16;/h4-7,10-11,15H,8-9,12-14H2,1-3H3,(H2,24,25,26);1H. The monoisotopic (exact) mass is 534 g/mol. The van der Waals surface area contributed by atoms with Crippen LogP contribution in [0.25, 0.3) is 0 Å². The second-order valence-electron chi connectivity index (χ2n) is 7.87. The van der Waals surface area contributed by atoms with Gasteiger partial charge in [-0.1, -0.05) is 19.9 Å². The molecule has 1 aliphatic heterocycles. The van der Waals surface area contributed by atoms with Gasteiger partial charge < -0.3 is 15.5 Å². The van der Waals surface area contributed by atoms with E-state index in [0.29, 0.717) is 5.92 Å². The summed E-state index contributed by atoms with van der Waals surface area (Å²) < 4.78 is 26.6. The summed E-state index contributed by atoms with van der Waals surface area (Å²) >= 11 is 1.77. The lowest BCUT2D eigenvalue weighted by atomic mass is 9.91. The van der Waals surface area contributed by atoms with Crippen molar-refractivity contribution in [1.29, 1.82) is 0 Å². The van der Waals surface area contributed by atoms with Crippen LogP contribution in [0.1, 0.15) is 25.1 Å². The van der Waals surface area contributed by atoms with Crippen molar-refractivity contribution in [2.24, 2.45) is 10.9 Å². The van der Waals surface area contributed by atoms with Gasteiger partial charge in [0.2, 0.25) is 0 Å². The number of nitrogens with zero attached hydrogens (tertiary/aromatic N) is 2. The molecule has 4 nitrogen and oxygen atoms in total. The zero-order valence-electron chi connectivity index (χ0n) is 17.0. The minimum absolute atomic E-state index is 0. The highest BCUT2D eigenvalue weighted by Gasteiger charge is 2.25. The molecule has 0 aliphatic carbocycles. The summed E-state index contributed by atoms with van der Waals surface area (Å²) in [5.74, 6) is -0.383. The van der Waals surface area contributed by atoms with Crippen LogP contribution in [0.4, 0.5) is 14.5 Å². The van der Waals surface area contributed by atoms with E-state index in [2.05, 4.69) is 51.9 Å². The van der Waals surface area contributed by atoms with E-state index in [0.717, 1.165) is 44.2 Å². The number of halogens is 3. The molecular weight excluding hydrogens is 505 g/mol. The Balaban J connectivity index is 0.00000300.